The fourth-order valence-corrected chi connectivity index (χ4v) is 1.17. The van der Waals surface area contributed by atoms with E-state index in [1.165, 1.54) is 0 Å². The molecule has 0 bridgehead atoms. The van der Waals surface area contributed by atoms with Crippen LogP contribution in [0.25, 0.3) is 0 Å². The van der Waals surface area contributed by atoms with Gasteiger partial charge in [0, 0.05) is 5.71 Å². The van der Waals surface area contributed by atoms with Crippen LogP contribution in [0.5, 0.6) is 0 Å². The Kier molecular flexibility index (Phi) is 3.00. The van der Waals surface area contributed by atoms with E-state index in [1.807, 2.05) is 0 Å². The summed E-state index contributed by atoms with van der Waals surface area (Å²) in [4.78, 5) is 21.8. The molecule has 0 saturated heterocycles. The monoisotopic (exact) mass is 183 g/mol. The van der Waals surface area contributed by atoms with Crippen LogP contribution >= 0.6 is 0 Å². The first-order chi connectivity index (χ1) is 6.15. The van der Waals surface area contributed by atoms with Gasteiger partial charge in [0.1, 0.15) is 0 Å². The van der Waals surface area contributed by atoms with Crippen molar-refractivity contribution in [2.75, 3.05) is 0 Å². The van der Waals surface area contributed by atoms with Crippen LogP contribution in [-0.4, -0.2) is 22.7 Å². The predicted molar refractivity (Wildman–Crippen MR) is 48.0 cm³/mol. The maximum absolute atomic E-state index is 11.1. The van der Waals surface area contributed by atoms with Gasteiger partial charge in [-0.1, -0.05) is 13.3 Å². The molecule has 0 radical (unpaired) electrons. The second-order valence-electron chi connectivity index (χ2n) is 2.99. The zero-order valence-electron chi connectivity index (χ0n) is 7.62. The van der Waals surface area contributed by atoms with Gasteiger partial charge < -0.3 is 5.73 Å². The zero-order valence-corrected chi connectivity index (χ0v) is 7.62. The molecular weight excluding hydrogens is 170 g/mol. The van der Waals surface area contributed by atoms with Crippen LogP contribution in [-0.2, 0) is 4.79 Å². The third kappa shape index (κ3) is 2.27. The van der Waals surface area contributed by atoms with Crippen molar-refractivity contribution in [1.29, 1.82) is 0 Å². The molecule has 0 aromatic rings. The second kappa shape index (κ2) is 4.02. The van der Waals surface area contributed by atoms with Gasteiger partial charge in [-0.3, -0.25) is 4.79 Å². The molecule has 5 heteroatoms. The SMILES string of the molecule is CCCCC1=NN(C(N)=O)C(=O)C1. The molecule has 1 aliphatic rings. The third-order valence-corrected chi connectivity index (χ3v) is 1.86. The number of primary amides is 1. The Balaban J connectivity index is 2.55. The number of hydrazone groups is 1. The van der Waals surface area contributed by atoms with Gasteiger partial charge >= 0.3 is 6.03 Å². The molecule has 0 saturated carbocycles. The molecule has 0 aromatic heterocycles. The van der Waals surface area contributed by atoms with Gasteiger partial charge in [-0.05, 0) is 12.8 Å². The molecule has 0 unspecified atom stereocenters. The van der Waals surface area contributed by atoms with Crippen molar-refractivity contribution in [2.24, 2.45) is 10.8 Å². The summed E-state index contributed by atoms with van der Waals surface area (Å²) in [5.41, 5.74) is 5.69. The number of urea groups is 1. The lowest BCUT2D eigenvalue weighted by molar-refractivity contribution is -0.125. The van der Waals surface area contributed by atoms with Crippen LogP contribution in [0.4, 0.5) is 4.79 Å². The van der Waals surface area contributed by atoms with Crippen LogP contribution in [0.1, 0.15) is 32.6 Å². The first-order valence-electron chi connectivity index (χ1n) is 4.34. The van der Waals surface area contributed by atoms with Crippen molar-refractivity contribution in [3.05, 3.63) is 0 Å². The lowest BCUT2D eigenvalue weighted by Gasteiger charge is -2.03. The van der Waals surface area contributed by atoms with E-state index in [0.29, 0.717) is 0 Å². The van der Waals surface area contributed by atoms with Gasteiger partial charge in [0.2, 0.25) is 0 Å². The number of unbranched alkanes of at least 4 members (excludes halogenated alkanes) is 1. The Labute approximate surface area is 76.6 Å². The first kappa shape index (κ1) is 9.70. The Bertz CT molecular complexity index is 260. The number of hydrogen-bond donors (Lipinski definition) is 1. The van der Waals surface area contributed by atoms with Crippen LogP contribution in [0.2, 0.25) is 0 Å². The predicted octanol–water partition coefficient (Wildman–Crippen LogP) is 0.844. The van der Waals surface area contributed by atoms with E-state index in [0.717, 1.165) is 30.0 Å². The zero-order chi connectivity index (χ0) is 9.84. The molecule has 0 spiro atoms. The van der Waals surface area contributed by atoms with E-state index in [-0.39, 0.29) is 12.3 Å². The fourth-order valence-electron chi connectivity index (χ4n) is 1.17. The molecule has 72 valence electrons. The topological polar surface area (TPSA) is 75.8 Å². The number of carbonyl (C=O) groups is 2. The van der Waals surface area contributed by atoms with E-state index in [4.69, 9.17) is 5.73 Å². The number of imide groups is 1. The summed E-state index contributed by atoms with van der Waals surface area (Å²) < 4.78 is 0. The van der Waals surface area contributed by atoms with E-state index in [9.17, 15) is 9.59 Å². The lowest BCUT2D eigenvalue weighted by Crippen LogP contribution is -2.33. The van der Waals surface area contributed by atoms with Gasteiger partial charge in [-0.25, -0.2) is 4.79 Å². The highest BCUT2D eigenvalue weighted by atomic mass is 16.2. The summed E-state index contributed by atoms with van der Waals surface area (Å²) in [6.45, 7) is 2.06. The van der Waals surface area contributed by atoms with Crippen LogP contribution in [0.3, 0.4) is 0 Å². The molecule has 0 aliphatic carbocycles. The minimum Gasteiger partial charge on any atom is -0.350 e. The average Bonchev–Trinajstić information content (AvgIpc) is 2.43. The number of amides is 3. The molecule has 5 nitrogen and oxygen atoms in total. The molecule has 13 heavy (non-hydrogen) atoms. The van der Waals surface area contributed by atoms with Crippen LogP contribution < -0.4 is 5.73 Å². The molecule has 0 aromatic carbocycles. The van der Waals surface area contributed by atoms with E-state index >= 15 is 0 Å². The Morgan fingerprint density at radius 3 is 2.85 bits per heavy atom. The maximum Gasteiger partial charge on any atom is 0.342 e. The Morgan fingerprint density at radius 1 is 1.69 bits per heavy atom. The Hall–Kier alpha value is -1.39. The van der Waals surface area contributed by atoms with Crippen LogP contribution in [0, 0.1) is 0 Å². The van der Waals surface area contributed by atoms with E-state index in [1.54, 1.807) is 0 Å². The molecule has 2 N–H and O–H groups in total. The summed E-state index contributed by atoms with van der Waals surface area (Å²) in [6.07, 6.45) is 3.04. The molecule has 0 atom stereocenters. The van der Waals surface area contributed by atoms with E-state index < -0.39 is 6.03 Å². The van der Waals surface area contributed by atoms with Crippen molar-refractivity contribution in [1.82, 2.24) is 5.01 Å². The van der Waals surface area contributed by atoms with Crippen molar-refractivity contribution in [3.63, 3.8) is 0 Å². The maximum atomic E-state index is 11.1. The number of hydrogen-bond acceptors (Lipinski definition) is 3. The summed E-state index contributed by atoms with van der Waals surface area (Å²) in [7, 11) is 0. The number of carbonyl (C=O) groups excluding carboxylic acids is 2. The minimum absolute atomic E-state index is 0.239. The molecule has 1 rings (SSSR count). The molecule has 1 heterocycles. The number of nitrogens with zero attached hydrogens (tertiary/aromatic N) is 2. The molecular formula is C8H13N3O2. The molecule has 3 amide bonds. The van der Waals surface area contributed by atoms with Gasteiger partial charge in [0.25, 0.3) is 5.91 Å². The second-order valence-corrected chi connectivity index (χ2v) is 2.99. The third-order valence-electron chi connectivity index (χ3n) is 1.86. The van der Waals surface area contributed by atoms with Crippen molar-refractivity contribution >= 4 is 17.6 Å². The van der Waals surface area contributed by atoms with Gasteiger partial charge in [0.05, 0.1) is 6.42 Å². The minimum atomic E-state index is -0.795. The van der Waals surface area contributed by atoms with Gasteiger partial charge in [-0.2, -0.15) is 5.10 Å². The summed E-state index contributed by atoms with van der Waals surface area (Å²) in [5, 5.41) is 4.57. The standard InChI is InChI=1S/C8H13N3O2/c1-2-3-4-6-5-7(12)11(10-6)8(9)13/h2-5H2,1H3,(H2,9,13). The van der Waals surface area contributed by atoms with E-state index in [2.05, 4.69) is 12.0 Å². The average molecular weight is 183 g/mol. The van der Waals surface area contributed by atoms with Crippen LogP contribution in [0.15, 0.2) is 5.10 Å². The quantitative estimate of drug-likeness (QED) is 0.704. The summed E-state index contributed by atoms with van der Waals surface area (Å²) >= 11 is 0. The highest BCUT2D eigenvalue weighted by Gasteiger charge is 2.26. The Morgan fingerprint density at radius 2 is 2.38 bits per heavy atom. The van der Waals surface area contributed by atoms with Crippen molar-refractivity contribution < 1.29 is 9.59 Å². The summed E-state index contributed by atoms with van der Waals surface area (Å²) in [5.74, 6) is -0.321. The number of nitrogens with two attached hydrogens (primary N) is 1. The number of rotatable bonds is 3. The molecule has 0 fully saturated rings. The van der Waals surface area contributed by atoms with Crippen molar-refractivity contribution in [3.8, 4) is 0 Å². The largest absolute Gasteiger partial charge is 0.350 e. The smallest absolute Gasteiger partial charge is 0.342 e. The highest BCUT2D eigenvalue weighted by Crippen LogP contribution is 2.12. The van der Waals surface area contributed by atoms with Gasteiger partial charge in [0.15, 0.2) is 0 Å². The lowest BCUT2D eigenvalue weighted by atomic mass is 10.1. The highest BCUT2D eigenvalue weighted by molar-refractivity contribution is 6.10. The van der Waals surface area contributed by atoms with Gasteiger partial charge in [-0.15, -0.1) is 5.01 Å². The first-order valence-corrected chi connectivity index (χ1v) is 4.34. The van der Waals surface area contributed by atoms with Crippen molar-refractivity contribution in [2.45, 2.75) is 32.6 Å². The normalized spacial score (nSPS) is 16.2. The molecule has 1 aliphatic heterocycles. The fraction of sp³-hybridized carbons (Fsp3) is 0.625. The summed E-state index contributed by atoms with van der Waals surface area (Å²) in [6, 6.07) is -0.795.